The van der Waals surface area contributed by atoms with Crippen molar-refractivity contribution in [2.24, 2.45) is 0 Å². The maximum atomic E-state index is 13.2. The second kappa shape index (κ2) is 7.92. The van der Waals surface area contributed by atoms with Crippen LogP contribution in [-0.4, -0.2) is 12.5 Å². The smallest absolute Gasteiger partial charge is 0.235 e. The van der Waals surface area contributed by atoms with Crippen LogP contribution in [0.25, 0.3) is 0 Å². The van der Waals surface area contributed by atoms with Gasteiger partial charge in [-0.15, -0.1) is 0 Å². The molecule has 0 aliphatic heterocycles. The largest absolute Gasteiger partial charge is 0.492 e. The number of carbonyl (C=O) groups excluding carboxylic acids is 1. The summed E-state index contributed by atoms with van der Waals surface area (Å²) in [5, 5.41) is 3.59. The van der Waals surface area contributed by atoms with Crippen LogP contribution < -0.4 is 10.1 Å². The molecule has 0 unspecified atom stereocenters. The standard InChI is InChI=1S/C21H24ClNO2/c1-2-25-19-12-11-17(15-18(19)22)23-20(24)21(13-7-4-8-14-21)16-9-5-3-6-10-16/h3,5-6,9-12,15H,2,4,7-8,13-14H2,1H3,(H,23,24). The Morgan fingerprint density at radius 2 is 1.84 bits per heavy atom. The Hall–Kier alpha value is -2.00. The highest BCUT2D eigenvalue weighted by Crippen LogP contribution is 2.40. The van der Waals surface area contributed by atoms with Crippen molar-refractivity contribution >= 4 is 23.2 Å². The van der Waals surface area contributed by atoms with E-state index in [0.29, 0.717) is 23.1 Å². The van der Waals surface area contributed by atoms with Gasteiger partial charge in [0.15, 0.2) is 0 Å². The molecule has 2 aromatic rings. The zero-order valence-electron chi connectivity index (χ0n) is 14.6. The van der Waals surface area contributed by atoms with Crippen LogP contribution in [0.2, 0.25) is 5.02 Å². The Bertz CT molecular complexity index is 724. The Morgan fingerprint density at radius 3 is 2.48 bits per heavy atom. The van der Waals surface area contributed by atoms with E-state index in [-0.39, 0.29) is 5.91 Å². The van der Waals surface area contributed by atoms with E-state index in [0.717, 1.165) is 31.2 Å². The molecule has 0 aromatic heterocycles. The van der Waals surface area contributed by atoms with Crippen molar-refractivity contribution in [1.82, 2.24) is 0 Å². The van der Waals surface area contributed by atoms with Gasteiger partial charge >= 0.3 is 0 Å². The van der Waals surface area contributed by atoms with Crippen LogP contribution in [-0.2, 0) is 10.2 Å². The van der Waals surface area contributed by atoms with E-state index in [9.17, 15) is 4.79 Å². The number of nitrogens with one attached hydrogen (secondary N) is 1. The van der Waals surface area contributed by atoms with E-state index >= 15 is 0 Å². The maximum absolute atomic E-state index is 13.2. The highest BCUT2D eigenvalue weighted by molar-refractivity contribution is 6.32. The van der Waals surface area contributed by atoms with Crippen molar-refractivity contribution in [2.45, 2.75) is 44.4 Å². The molecule has 25 heavy (non-hydrogen) atoms. The molecule has 0 heterocycles. The molecule has 1 N–H and O–H groups in total. The minimum absolute atomic E-state index is 0.0543. The number of hydrogen-bond donors (Lipinski definition) is 1. The monoisotopic (exact) mass is 357 g/mol. The third-order valence-corrected chi connectivity index (χ3v) is 5.25. The van der Waals surface area contributed by atoms with E-state index in [1.807, 2.05) is 31.2 Å². The predicted molar refractivity (Wildman–Crippen MR) is 102 cm³/mol. The third-order valence-electron chi connectivity index (χ3n) is 4.96. The number of ether oxygens (including phenoxy) is 1. The van der Waals surface area contributed by atoms with Crippen molar-refractivity contribution in [3.63, 3.8) is 0 Å². The highest BCUT2D eigenvalue weighted by Gasteiger charge is 2.41. The summed E-state index contributed by atoms with van der Waals surface area (Å²) in [6, 6.07) is 15.5. The van der Waals surface area contributed by atoms with Crippen LogP contribution in [0, 0.1) is 0 Å². The average molecular weight is 358 g/mol. The summed E-state index contributed by atoms with van der Waals surface area (Å²) in [5.41, 5.74) is 1.36. The lowest BCUT2D eigenvalue weighted by Gasteiger charge is -2.36. The van der Waals surface area contributed by atoms with Gasteiger partial charge in [-0.3, -0.25) is 4.79 Å². The Balaban J connectivity index is 1.85. The molecule has 0 spiro atoms. The van der Waals surface area contributed by atoms with Gasteiger partial charge in [0, 0.05) is 5.69 Å². The zero-order valence-corrected chi connectivity index (χ0v) is 15.3. The van der Waals surface area contributed by atoms with E-state index < -0.39 is 5.41 Å². The van der Waals surface area contributed by atoms with E-state index in [4.69, 9.17) is 16.3 Å². The van der Waals surface area contributed by atoms with Gasteiger partial charge in [0.2, 0.25) is 5.91 Å². The second-order valence-corrected chi connectivity index (χ2v) is 6.95. The highest BCUT2D eigenvalue weighted by atomic mass is 35.5. The predicted octanol–water partition coefficient (Wildman–Crippen LogP) is 5.58. The Labute approximate surface area is 154 Å². The molecule has 2 aromatic carbocycles. The van der Waals surface area contributed by atoms with Crippen LogP contribution in [0.15, 0.2) is 48.5 Å². The first-order valence-electron chi connectivity index (χ1n) is 8.95. The van der Waals surface area contributed by atoms with Crippen LogP contribution in [0.5, 0.6) is 5.75 Å². The summed E-state index contributed by atoms with van der Waals surface area (Å²) in [6.07, 6.45) is 5.11. The summed E-state index contributed by atoms with van der Waals surface area (Å²) in [7, 11) is 0. The molecule has 132 valence electrons. The fourth-order valence-corrected chi connectivity index (χ4v) is 3.90. The van der Waals surface area contributed by atoms with Gasteiger partial charge in [-0.05, 0) is 43.5 Å². The summed E-state index contributed by atoms with van der Waals surface area (Å²) < 4.78 is 5.46. The zero-order chi connectivity index (χ0) is 17.7. The molecule has 1 amide bonds. The topological polar surface area (TPSA) is 38.3 Å². The molecular weight excluding hydrogens is 334 g/mol. The normalized spacial score (nSPS) is 16.2. The molecular formula is C21H24ClNO2. The van der Waals surface area contributed by atoms with Gasteiger partial charge in [-0.25, -0.2) is 0 Å². The summed E-state index contributed by atoms with van der Waals surface area (Å²) in [4.78, 5) is 13.2. The molecule has 3 rings (SSSR count). The fourth-order valence-electron chi connectivity index (χ4n) is 3.66. The first kappa shape index (κ1) is 17.8. The van der Waals surface area contributed by atoms with Gasteiger partial charge < -0.3 is 10.1 Å². The van der Waals surface area contributed by atoms with E-state index in [2.05, 4.69) is 17.4 Å². The number of benzene rings is 2. The molecule has 4 heteroatoms. The van der Waals surface area contributed by atoms with Crippen LogP contribution in [0.4, 0.5) is 5.69 Å². The van der Waals surface area contributed by atoms with Gasteiger partial charge in [0.25, 0.3) is 0 Å². The molecule has 0 saturated heterocycles. The first-order chi connectivity index (χ1) is 12.2. The molecule has 1 aliphatic carbocycles. The molecule has 0 radical (unpaired) electrons. The Kier molecular flexibility index (Phi) is 5.64. The van der Waals surface area contributed by atoms with Crippen molar-refractivity contribution in [3.05, 3.63) is 59.1 Å². The lowest BCUT2D eigenvalue weighted by molar-refractivity contribution is -0.122. The van der Waals surface area contributed by atoms with Crippen LogP contribution >= 0.6 is 11.6 Å². The minimum atomic E-state index is -0.454. The van der Waals surface area contributed by atoms with Crippen molar-refractivity contribution in [2.75, 3.05) is 11.9 Å². The summed E-state index contributed by atoms with van der Waals surface area (Å²) in [6.45, 7) is 2.47. The number of hydrogen-bond acceptors (Lipinski definition) is 2. The number of halogens is 1. The Morgan fingerprint density at radius 1 is 1.12 bits per heavy atom. The fraction of sp³-hybridized carbons (Fsp3) is 0.381. The van der Waals surface area contributed by atoms with Gasteiger partial charge in [0.05, 0.1) is 17.0 Å². The first-order valence-corrected chi connectivity index (χ1v) is 9.33. The van der Waals surface area contributed by atoms with Gasteiger partial charge in [0.1, 0.15) is 5.75 Å². The SMILES string of the molecule is CCOc1ccc(NC(=O)C2(c3ccccc3)CCCCC2)cc1Cl. The van der Waals surface area contributed by atoms with E-state index in [1.165, 1.54) is 6.42 Å². The number of amides is 1. The van der Waals surface area contributed by atoms with Crippen LogP contribution in [0.3, 0.4) is 0 Å². The molecule has 1 saturated carbocycles. The lowest BCUT2D eigenvalue weighted by Crippen LogP contribution is -2.42. The van der Waals surface area contributed by atoms with E-state index in [1.54, 1.807) is 12.1 Å². The number of anilines is 1. The van der Waals surface area contributed by atoms with Crippen molar-refractivity contribution < 1.29 is 9.53 Å². The van der Waals surface area contributed by atoms with Crippen molar-refractivity contribution in [1.29, 1.82) is 0 Å². The molecule has 1 aliphatic rings. The quantitative estimate of drug-likeness (QED) is 0.758. The third kappa shape index (κ3) is 3.82. The maximum Gasteiger partial charge on any atom is 0.235 e. The number of rotatable bonds is 5. The van der Waals surface area contributed by atoms with Gasteiger partial charge in [-0.2, -0.15) is 0 Å². The molecule has 0 bridgehead atoms. The average Bonchev–Trinajstić information content (AvgIpc) is 2.65. The lowest BCUT2D eigenvalue weighted by atomic mass is 9.68. The summed E-state index contributed by atoms with van der Waals surface area (Å²) in [5.74, 6) is 0.691. The van der Waals surface area contributed by atoms with Crippen LogP contribution in [0.1, 0.15) is 44.6 Å². The molecule has 3 nitrogen and oxygen atoms in total. The van der Waals surface area contributed by atoms with Gasteiger partial charge in [-0.1, -0.05) is 61.2 Å². The number of carbonyl (C=O) groups is 1. The minimum Gasteiger partial charge on any atom is -0.492 e. The molecule has 1 fully saturated rings. The summed E-state index contributed by atoms with van der Waals surface area (Å²) >= 11 is 6.25. The van der Waals surface area contributed by atoms with Crippen molar-refractivity contribution in [3.8, 4) is 5.75 Å². The molecule has 0 atom stereocenters. The second-order valence-electron chi connectivity index (χ2n) is 6.54.